The van der Waals surface area contributed by atoms with E-state index in [4.69, 9.17) is 4.98 Å². The molecule has 2 aromatic rings. The predicted molar refractivity (Wildman–Crippen MR) is 94.6 cm³/mol. The summed E-state index contributed by atoms with van der Waals surface area (Å²) in [7, 11) is 0. The van der Waals surface area contributed by atoms with E-state index in [0.29, 0.717) is 19.3 Å². The number of nitrogens with one attached hydrogen (secondary N) is 1. The van der Waals surface area contributed by atoms with Crippen LogP contribution in [0.15, 0.2) is 22.7 Å². The smallest absolute Gasteiger partial charge is 0.248 e. The van der Waals surface area contributed by atoms with Crippen molar-refractivity contribution in [1.29, 1.82) is 0 Å². The van der Waals surface area contributed by atoms with Gasteiger partial charge in [-0.15, -0.1) is 0 Å². The number of rotatable bonds is 2. The molecule has 1 amide bonds. The lowest BCUT2D eigenvalue weighted by atomic mass is 9.91. The maximum absolute atomic E-state index is 13.6. The highest BCUT2D eigenvalue weighted by atomic mass is 79.9. The van der Waals surface area contributed by atoms with Crippen LogP contribution in [0, 0.1) is 0 Å². The minimum absolute atomic E-state index is 0.000343. The molecule has 0 spiro atoms. The van der Waals surface area contributed by atoms with E-state index in [1.807, 2.05) is 18.2 Å². The van der Waals surface area contributed by atoms with Crippen molar-refractivity contribution in [1.82, 2.24) is 14.9 Å². The van der Waals surface area contributed by atoms with Crippen molar-refractivity contribution in [2.24, 2.45) is 0 Å². The van der Waals surface area contributed by atoms with Gasteiger partial charge >= 0.3 is 0 Å². The van der Waals surface area contributed by atoms with Gasteiger partial charge in [0, 0.05) is 29.8 Å². The Morgan fingerprint density at radius 3 is 2.72 bits per heavy atom. The summed E-state index contributed by atoms with van der Waals surface area (Å²) in [6.45, 7) is 0. The third kappa shape index (κ3) is 3.30. The molecule has 4 nitrogen and oxygen atoms in total. The number of amides is 1. The van der Waals surface area contributed by atoms with Crippen molar-refractivity contribution >= 4 is 32.9 Å². The van der Waals surface area contributed by atoms with Gasteiger partial charge in [0.1, 0.15) is 5.82 Å². The fourth-order valence-corrected chi connectivity index (χ4v) is 4.35. The maximum Gasteiger partial charge on any atom is 0.248 e. The fraction of sp³-hybridized carbons (Fsp3) is 0.556. The van der Waals surface area contributed by atoms with Crippen molar-refractivity contribution in [3.8, 4) is 0 Å². The van der Waals surface area contributed by atoms with Crippen LogP contribution in [0.2, 0.25) is 0 Å². The average molecular weight is 412 g/mol. The molecule has 25 heavy (non-hydrogen) atoms. The number of imidazole rings is 1. The first-order valence-corrected chi connectivity index (χ1v) is 9.57. The largest absolute Gasteiger partial charge is 0.346 e. The summed E-state index contributed by atoms with van der Waals surface area (Å²) >= 11 is 3.46. The zero-order chi connectivity index (χ0) is 17.6. The molecule has 134 valence electrons. The number of hydrogen-bond acceptors (Lipinski definition) is 2. The minimum Gasteiger partial charge on any atom is -0.346 e. The molecule has 1 aliphatic carbocycles. The quantitative estimate of drug-likeness (QED) is 0.764. The summed E-state index contributed by atoms with van der Waals surface area (Å²) in [5.74, 6) is -1.72. The molecule has 1 aromatic heterocycles. The van der Waals surface area contributed by atoms with Crippen LogP contribution in [0.4, 0.5) is 8.78 Å². The van der Waals surface area contributed by atoms with Gasteiger partial charge in [-0.05, 0) is 43.9 Å². The predicted octanol–water partition coefficient (Wildman–Crippen LogP) is 4.89. The number of fused-ring (bicyclic) bond motifs is 1. The number of aromatic nitrogens is 2. The number of alkyl halides is 2. The van der Waals surface area contributed by atoms with Crippen LogP contribution in [0.3, 0.4) is 0 Å². The summed E-state index contributed by atoms with van der Waals surface area (Å²) in [6.07, 6.45) is 2.88. The lowest BCUT2D eigenvalue weighted by Gasteiger charge is -2.32. The monoisotopic (exact) mass is 411 g/mol. The van der Waals surface area contributed by atoms with Crippen molar-refractivity contribution < 1.29 is 13.6 Å². The molecule has 0 unspecified atom stereocenters. The van der Waals surface area contributed by atoms with Gasteiger partial charge in [0.05, 0.1) is 17.1 Å². The number of benzene rings is 1. The first-order chi connectivity index (χ1) is 11.9. The molecule has 1 atom stereocenters. The van der Waals surface area contributed by atoms with E-state index in [1.54, 1.807) is 0 Å². The first kappa shape index (κ1) is 16.9. The lowest BCUT2D eigenvalue weighted by Crippen LogP contribution is -2.35. The van der Waals surface area contributed by atoms with Gasteiger partial charge in [0.25, 0.3) is 0 Å². The Bertz CT molecular complexity index is 810. The Morgan fingerprint density at radius 2 is 2.00 bits per heavy atom. The third-order valence-electron chi connectivity index (χ3n) is 5.27. The van der Waals surface area contributed by atoms with Crippen molar-refractivity contribution in [2.45, 2.75) is 63.0 Å². The Balaban J connectivity index is 1.77. The molecule has 2 heterocycles. The van der Waals surface area contributed by atoms with Crippen LogP contribution >= 0.6 is 15.9 Å². The minimum atomic E-state index is -2.56. The number of carbonyl (C=O) groups is 1. The molecule has 2 fully saturated rings. The topological polar surface area (TPSA) is 46.9 Å². The molecule has 1 saturated carbocycles. The van der Waals surface area contributed by atoms with Gasteiger partial charge in [-0.3, -0.25) is 4.79 Å². The van der Waals surface area contributed by atoms with Crippen LogP contribution in [0.5, 0.6) is 0 Å². The number of halogens is 3. The molecule has 0 radical (unpaired) electrons. The first-order valence-electron chi connectivity index (χ1n) is 8.77. The van der Waals surface area contributed by atoms with Crippen LogP contribution < -0.4 is 5.32 Å². The number of nitrogens with zero attached hydrogens (tertiary/aromatic N) is 2. The standard InChI is InChI=1S/C18H20BrF2N3O/c19-11-4-5-15-14(10-11)23-17(13-2-1-3-16(25)22-13)24(15)12-6-8-18(20,21)9-7-12/h4-5,10,12-13H,1-3,6-9H2,(H,22,25)/t13-/m0/s1. The number of carbonyl (C=O) groups excluding carboxylic acids is 1. The molecule has 1 N–H and O–H groups in total. The highest BCUT2D eigenvalue weighted by molar-refractivity contribution is 9.10. The van der Waals surface area contributed by atoms with Gasteiger partial charge in [0.2, 0.25) is 11.8 Å². The highest BCUT2D eigenvalue weighted by Gasteiger charge is 2.37. The second-order valence-corrected chi connectivity index (χ2v) is 7.99. The Morgan fingerprint density at radius 1 is 1.24 bits per heavy atom. The SMILES string of the molecule is O=C1CCC[C@@H](c2nc3cc(Br)ccc3n2C2CCC(F)(F)CC2)N1. The molecule has 2 aliphatic rings. The molecular formula is C18H20BrF2N3O. The average Bonchev–Trinajstić information content (AvgIpc) is 2.93. The Labute approximate surface area is 153 Å². The maximum atomic E-state index is 13.6. The van der Waals surface area contributed by atoms with Gasteiger partial charge in [-0.1, -0.05) is 15.9 Å². The summed E-state index contributed by atoms with van der Waals surface area (Å²) in [4.78, 5) is 16.6. The van der Waals surface area contributed by atoms with E-state index in [-0.39, 0.29) is 30.8 Å². The molecule has 4 rings (SSSR count). The molecule has 0 bridgehead atoms. The summed E-state index contributed by atoms with van der Waals surface area (Å²) in [5.41, 5.74) is 1.79. The third-order valence-corrected chi connectivity index (χ3v) is 5.77. The van der Waals surface area contributed by atoms with Gasteiger partial charge in [-0.2, -0.15) is 0 Å². The summed E-state index contributed by atoms with van der Waals surface area (Å²) in [6, 6.07) is 5.72. The van der Waals surface area contributed by atoms with E-state index >= 15 is 0 Å². The fourth-order valence-electron chi connectivity index (χ4n) is 4.00. The normalized spacial score (nSPS) is 24.4. The number of hydrogen-bond donors (Lipinski definition) is 1. The van der Waals surface area contributed by atoms with Gasteiger partial charge < -0.3 is 9.88 Å². The Hall–Kier alpha value is -1.50. The zero-order valence-electron chi connectivity index (χ0n) is 13.8. The molecule has 7 heteroatoms. The van der Waals surface area contributed by atoms with Crippen molar-refractivity contribution in [3.05, 3.63) is 28.5 Å². The number of piperidine rings is 1. The van der Waals surface area contributed by atoms with Crippen LogP contribution in [0.25, 0.3) is 11.0 Å². The summed E-state index contributed by atoms with van der Waals surface area (Å²) < 4.78 is 30.2. The van der Waals surface area contributed by atoms with E-state index in [0.717, 1.165) is 34.2 Å². The Kier molecular flexibility index (Phi) is 4.30. The van der Waals surface area contributed by atoms with E-state index in [1.165, 1.54) is 0 Å². The molecule has 1 aromatic carbocycles. The van der Waals surface area contributed by atoms with E-state index in [9.17, 15) is 13.6 Å². The van der Waals surface area contributed by atoms with Gasteiger partial charge in [-0.25, -0.2) is 13.8 Å². The van der Waals surface area contributed by atoms with Gasteiger partial charge in [0.15, 0.2) is 0 Å². The highest BCUT2D eigenvalue weighted by Crippen LogP contribution is 2.41. The zero-order valence-corrected chi connectivity index (χ0v) is 15.4. The second-order valence-electron chi connectivity index (χ2n) is 7.07. The molecule has 1 saturated heterocycles. The van der Waals surface area contributed by atoms with E-state index < -0.39 is 5.92 Å². The second kappa shape index (κ2) is 6.34. The van der Waals surface area contributed by atoms with Crippen molar-refractivity contribution in [2.75, 3.05) is 0 Å². The van der Waals surface area contributed by atoms with Crippen LogP contribution in [0.1, 0.15) is 62.9 Å². The van der Waals surface area contributed by atoms with E-state index in [2.05, 4.69) is 25.8 Å². The lowest BCUT2D eigenvalue weighted by molar-refractivity contribution is -0.123. The van der Waals surface area contributed by atoms with Crippen LogP contribution in [-0.2, 0) is 4.79 Å². The summed E-state index contributed by atoms with van der Waals surface area (Å²) in [5, 5.41) is 3.02. The van der Waals surface area contributed by atoms with Crippen molar-refractivity contribution in [3.63, 3.8) is 0 Å². The van der Waals surface area contributed by atoms with Crippen LogP contribution in [-0.4, -0.2) is 21.4 Å². The molecule has 1 aliphatic heterocycles. The molecular weight excluding hydrogens is 392 g/mol.